The fraction of sp³-hybridized carbons (Fsp3) is 0.533. The maximum atomic E-state index is 13.2. The third-order valence-electron chi connectivity index (χ3n) is 6.76. The molecule has 3 N–H and O–H groups in total. The maximum absolute atomic E-state index is 13.2. The van der Waals surface area contributed by atoms with Gasteiger partial charge in [-0.2, -0.15) is 0 Å². The average Bonchev–Trinajstić information content (AvgIpc) is 2.88. The van der Waals surface area contributed by atoms with Gasteiger partial charge in [0.25, 0.3) is 5.91 Å². The summed E-state index contributed by atoms with van der Waals surface area (Å²) < 4.78 is 5.38. The van der Waals surface area contributed by atoms with Gasteiger partial charge in [0, 0.05) is 49.9 Å². The van der Waals surface area contributed by atoms with Crippen molar-refractivity contribution in [3.63, 3.8) is 0 Å². The Morgan fingerprint density at radius 3 is 2.24 bits per heavy atom. The molecule has 0 aliphatic carbocycles. The Labute approximate surface area is 222 Å². The smallest absolute Gasteiger partial charge is 0.323 e. The third-order valence-corrected chi connectivity index (χ3v) is 6.76. The number of hydrogen-bond donors (Lipinski definition) is 3. The highest BCUT2D eigenvalue weighted by atomic mass is 16.5. The first-order valence-electron chi connectivity index (χ1n) is 13.8. The van der Waals surface area contributed by atoms with Crippen molar-refractivity contribution in [3.8, 4) is 0 Å². The molecule has 0 atom stereocenters. The van der Waals surface area contributed by atoms with Gasteiger partial charge in [-0.15, -0.1) is 0 Å². The largest absolute Gasteiger partial charge is 0.382 e. The van der Waals surface area contributed by atoms with Crippen LogP contribution in [-0.4, -0.2) is 44.8 Å². The van der Waals surface area contributed by atoms with Crippen molar-refractivity contribution in [2.24, 2.45) is 0 Å². The maximum Gasteiger partial charge on any atom is 0.323 e. The van der Waals surface area contributed by atoms with Crippen LogP contribution in [0.5, 0.6) is 0 Å². The highest BCUT2D eigenvalue weighted by Gasteiger charge is 2.21. The topological polar surface area (TPSA) is 82.7 Å². The van der Waals surface area contributed by atoms with Gasteiger partial charge in [0.2, 0.25) is 0 Å². The molecule has 0 bridgehead atoms. The standard InChI is InChI=1S/C30H44N4O3/c1-6-37-19-11-16-31-29(35)26-20-23(14-15-27(26)34-17-8-7-9-18-34)32-30(36)33-28-24(21(2)3)12-10-13-25(28)22(4)5/h10,12-15,20-22H,6-9,11,16-19H2,1-5H3,(H,31,35)(H2,32,33,36). The van der Waals surface area contributed by atoms with Crippen molar-refractivity contribution in [1.29, 1.82) is 0 Å². The van der Waals surface area contributed by atoms with Crippen LogP contribution in [0.2, 0.25) is 0 Å². The first-order chi connectivity index (χ1) is 17.8. The summed E-state index contributed by atoms with van der Waals surface area (Å²) in [5.74, 6) is 0.417. The summed E-state index contributed by atoms with van der Waals surface area (Å²) in [6.45, 7) is 14.2. The van der Waals surface area contributed by atoms with Gasteiger partial charge >= 0.3 is 6.03 Å². The van der Waals surface area contributed by atoms with E-state index in [2.05, 4.69) is 60.7 Å². The molecule has 0 spiro atoms. The van der Waals surface area contributed by atoms with Crippen LogP contribution in [0.4, 0.5) is 21.9 Å². The van der Waals surface area contributed by atoms with Crippen molar-refractivity contribution < 1.29 is 14.3 Å². The second-order valence-corrected chi connectivity index (χ2v) is 10.3. The lowest BCUT2D eigenvalue weighted by Crippen LogP contribution is -2.33. The van der Waals surface area contributed by atoms with E-state index in [-0.39, 0.29) is 23.8 Å². The van der Waals surface area contributed by atoms with Crippen LogP contribution in [0.1, 0.15) is 93.6 Å². The summed E-state index contributed by atoms with van der Waals surface area (Å²) in [5, 5.41) is 9.08. The minimum atomic E-state index is -0.316. The molecule has 1 saturated heterocycles. The lowest BCUT2D eigenvalue weighted by Gasteiger charge is -2.30. The first kappa shape index (κ1) is 28.5. The number of urea groups is 1. The van der Waals surface area contributed by atoms with Crippen LogP contribution in [-0.2, 0) is 4.74 Å². The molecule has 7 nitrogen and oxygen atoms in total. The molecule has 7 heteroatoms. The fourth-order valence-electron chi connectivity index (χ4n) is 4.79. The quantitative estimate of drug-likeness (QED) is 0.294. The predicted molar refractivity (Wildman–Crippen MR) is 153 cm³/mol. The molecule has 3 rings (SSSR count). The summed E-state index contributed by atoms with van der Waals surface area (Å²) in [6.07, 6.45) is 4.20. The van der Waals surface area contributed by atoms with E-state index in [1.807, 2.05) is 25.1 Å². The number of piperidine rings is 1. The lowest BCUT2D eigenvalue weighted by atomic mass is 9.93. The molecule has 1 fully saturated rings. The highest BCUT2D eigenvalue weighted by Crippen LogP contribution is 2.33. The SMILES string of the molecule is CCOCCCNC(=O)c1cc(NC(=O)Nc2c(C(C)C)cccc2C(C)C)ccc1N1CCCCC1. The summed E-state index contributed by atoms with van der Waals surface area (Å²) in [6, 6.07) is 11.5. The Balaban J connectivity index is 1.80. The van der Waals surface area contributed by atoms with Gasteiger partial charge in [-0.1, -0.05) is 45.9 Å². The van der Waals surface area contributed by atoms with Crippen molar-refractivity contribution in [1.82, 2.24) is 5.32 Å². The van der Waals surface area contributed by atoms with Crippen molar-refractivity contribution in [2.45, 2.75) is 72.1 Å². The number of carbonyl (C=O) groups is 2. The number of anilines is 3. The summed E-state index contributed by atoms with van der Waals surface area (Å²) in [7, 11) is 0. The Morgan fingerprint density at radius 1 is 0.946 bits per heavy atom. The van der Waals surface area contributed by atoms with Crippen LogP contribution in [0.15, 0.2) is 36.4 Å². The normalized spacial score (nSPS) is 13.6. The number of rotatable bonds is 11. The van der Waals surface area contributed by atoms with Gasteiger partial charge in [-0.05, 0) is 73.8 Å². The van der Waals surface area contributed by atoms with E-state index >= 15 is 0 Å². The van der Waals surface area contributed by atoms with Crippen molar-refractivity contribution in [3.05, 3.63) is 53.1 Å². The monoisotopic (exact) mass is 508 g/mol. The zero-order chi connectivity index (χ0) is 26.8. The molecule has 202 valence electrons. The van der Waals surface area contributed by atoms with E-state index in [9.17, 15) is 9.59 Å². The number of nitrogens with one attached hydrogen (secondary N) is 3. The number of nitrogens with zero attached hydrogens (tertiary/aromatic N) is 1. The molecule has 3 amide bonds. The molecule has 1 heterocycles. The lowest BCUT2D eigenvalue weighted by molar-refractivity contribution is 0.0944. The number of para-hydroxylation sites is 1. The predicted octanol–water partition coefficient (Wildman–Crippen LogP) is 6.72. The number of carbonyl (C=O) groups excluding carboxylic acids is 2. The van der Waals surface area contributed by atoms with Gasteiger partial charge in [0.05, 0.1) is 5.56 Å². The molecule has 37 heavy (non-hydrogen) atoms. The van der Waals surface area contributed by atoms with Gasteiger partial charge in [0.1, 0.15) is 0 Å². The van der Waals surface area contributed by atoms with Crippen LogP contribution in [0.25, 0.3) is 0 Å². The molecule has 0 unspecified atom stereocenters. The Hall–Kier alpha value is -3.06. The van der Waals surface area contributed by atoms with Crippen LogP contribution < -0.4 is 20.9 Å². The number of amides is 3. The molecule has 1 aliphatic heterocycles. The van der Waals surface area contributed by atoms with E-state index in [1.165, 1.54) is 6.42 Å². The Kier molecular flexibility index (Phi) is 10.8. The van der Waals surface area contributed by atoms with Crippen LogP contribution >= 0.6 is 0 Å². The molecule has 2 aromatic rings. The van der Waals surface area contributed by atoms with Crippen LogP contribution in [0.3, 0.4) is 0 Å². The van der Waals surface area contributed by atoms with Crippen molar-refractivity contribution in [2.75, 3.05) is 48.4 Å². The zero-order valence-electron chi connectivity index (χ0n) is 23.2. The number of ether oxygens (including phenoxy) is 1. The zero-order valence-corrected chi connectivity index (χ0v) is 23.2. The van der Waals surface area contributed by atoms with Gasteiger partial charge in [-0.25, -0.2) is 4.79 Å². The van der Waals surface area contributed by atoms with Gasteiger partial charge in [-0.3, -0.25) is 4.79 Å². The number of hydrogen-bond acceptors (Lipinski definition) is 4. The number of benzene rings is 2. The molecular weight excluding hydrogens is 464 g/mol. The van der Waals surface area contributed by atoms with Gasteiger partial charge < -0.3 is 25.6 Å². The molecular formula is C30H44N4O3. The average molecular weight is 509 g/mol. The summed E-state index contributed by atoms with van der Waals surface area (Å²) in [4.78, 5) is 28.6. The molecule has 0 saturated carbocycles. The van der Waals surface area contributed by atoms with E-state index < -0.39 is 0 Å². The van der Waals surface area contributed by atoms with Gasteiger partial charge in [0.15, 0.2) is 0 Å². The summed E-state index contributed by atoms with van der Waals surface area (Å²) in [5.41, 5.74) is 5.16. The van der Waals surface area contributed by atoms with Crippen LogP contribution in [0, 0.1) is 0 Å². The molecule has 1 aliphatic rings. The Morgan fingerprint density at radius 2 is 1.62 bits per heavy atom. The second kappa shape index (κ2) is 14.0. The first-order valence-corrected chi connectivity index (χ1v) is 13.8. The molecule has 0 radical (unpaired) electrons. The minimum Gasteiger partial charge on any atom is -0.382 e. The molecule has 0 aromatic heterocycles. The Bertz CT molecular complexity index is 1020. The minimum absolute atomic E-state index is 0.131. The van der Waals surface area contributed by atoms with E-state index in [0.29, 0.717) is 31.0 Å². The molecule has 2 aromatic carbocycles. The fourth-order valence-corrected chi connectivity index (χ4v) is 4.79. The third kappa shape index (κ3) is 7.96. The highest BCUT2D eigenvalue weighted by molar-refractivity contribution is 6.04. The van der Waals surface area contributed by atoms with E-state index in [1.54, 1.807) is 6.07 Å². The van der Waals surface area contributed by atoms with Crippen molar-refractivity contribution >= 4 is 29.0 Å². The van der Waals surface area contributed by atoms with E-state index in [4.69, 9.17) is 4.74 Å². The summed E-state index contributed by atoms with van der Waals surface area (Å²) >= 11 is 0. The second-order valence-electron chi connectivity index (χ2n) is 10.3. The van der Waals surface area contributed by atoms with E-state index in [0.717, 1.165) is 54.9 Å².